The van der Waals surface area contributed by atoms with Gasteiger partial charge in [-0.3, -0.25) is 4.79 Å². The Morgan fingerprint density at radius 2 is 2.50 bits per heavy atom. The van der Waals surface area contributed by atoms with Gasteiger partial charge in [-0.1, -0.05) is 6.08 Å². The predicted octanol–water partition coefficient (Wildman–Crippen LogP) is 1.35. The average molecular weight is 255 g/mol. The molecular weight excluding hydrogens is 245 g/mol. The molecule has 0 rings (SSSR count). The van der Waals surface area contributed by atoms with E-state index in [2.05, 4.69) is 10.1 Å². The highest BCUT2D eigenvalue weighted by molar-refractivity contribution is 14.1. The van der Waals surface area contributed by atoms with Crippen LogP contribution in [0.3, 0.4) is 0 Å². The largest absolute Gasteiger partial charge is 0.480 e. The SMILES string of the molecule is C=CCC(C)(NI)C(=O)O. The first-order chi connectivity index (χ1) is 4.56. The minimum atomic E-state index is -0.873. The van der Waals surface area contributed by atoms with Crippen molar-refractivity contribution in [3.63, 3.8) is 0 Å². The second-order valence-electron chi connectivity index (χ2n) is 2.22. The summed E-state index contributed by atoms with van der Waals surface area (Å²) in [7, 11) is 0. The third-order valence-electron chi connectivity index (χ3n) is 1.23. The summed E-state index contributed by atoms with van der Waals surface area (Å²) in [5.74, 6) is -0.859. The van der Waals surface area contributed by atoms with E-state index in [1.165, 1.54) is 0 Å². The molecule has 1 atom stereocenters. The molecule has 1 unspecified atom stereocenters. The molecule has 2 N–H and O–H groups in total. The summed E-state index contributed by atoms with van der Waals surface area (Å²) in [6.07, 6.45) is 2.01. The van der Waals surface area contributed by atoms with Crippen LogP contribution in [0.15, 0.2) is 12.7 Å². The monoisotopic (exact) mass is 255 g/mol. The van der Waals surface area contributed by atoms with Crippen LogP contribution >= 0.6 is 22.9 Å². The lowest BCUT2D eigenvalue weighted by Crippen LogP contribution is -2.43. The maximum atomic E-state index is 10.5. The van der Waals surface area contributed by atoms with Crippen LogP contribution in [0.25, 0.3) is 0 Å². The van der Waals surface area contributed by atoms with Crippen LogP contribution in [0.5, 0.6) is 0 Å². The fourth-order valence-electron chi connectivity index (χ4n) is 0.455. The van der Waals surface area contributed by atoms with Crippen LogP contribution in [-0.4, -0.2) is 16.6 Å². The van der Waals surface area contributed by atoms with E-state index in [1.807, 2.05) is 22.9 Å². The molecule has 0 heterocycles. The minimum absolute atomic E-state index is 0.422. The first-order valence-electron chi connectivity index (χ1n) is 2.79. The van der Waals surface area contributed by atoms with Gasteiger partial charge in [-0.25, -0.2) is 3.53 Å². The number of hydrogen-bond donors (Lipinski definition) is 2. The molecule has 0 amide bonds. The summed E-state index contributed by atoms with van der Waals surface area (Å²) >= 11 is 1.83. The smallest absolute Gasteiger partial charge is 0.324 e. The van der Waals surface area contributed by atoms with Crippen LogP contribution in [0.4, 0.5) is 0 Å². The van der Waals surface area contributed by atoms with Gasteiger partial charge in [-0.2, -0.15) is 0 Å². The number of carboxylic acid groups (broad SMARTS) is 1. The topological polar surface area (TPSA) is 49.3 Å². The van der Waals surface area contributed by atoms with E-state index >= 15 is 0 Å². The lowest BCUT2D eigenvalue weighted by Gasteiger charge is -2.20. The third kappa shape index (κ3) is 2.26. The maximum Gasteiger partial charge on any atom is 0.324 e. The van der Waals surface area contributed by atoms with Crippen LogP contribution in [0.1, 0.15) is 13.3 Å². The van der Waals surface area contributed by atoms with Gasteiger partial charge in [0.1, 0.15) is 5.54 Å². The summed E-state index contributed by atoms with van der Waals surface area (Å²) in [5, 5.41) is 8.65. The number of carboxylic acids is 1. The molecule has 0 bridgehead atoms. The van der Waals surface area contributed by atoms with E-state index in [1.54, 1.807) is 13.0 Å². The van der Waals surface area contributed by atoms with Crippen molar-refractivity contribution in [2.24, 2.45) is 0 Å². The van der Waals surface area contributed by atoms with Crippen molar-refractivity contribution in [3.05, 3.63) is 12.7 Å². The quantitative estimate of drug-likeness (QED) is 0.453. The Labute approximate surface area is 74.0 Å². The number of rotatable bonds is 4. The number of aliphatic carboxylic acids is 1. The zero-order valence-corrected chi connectivity index (χ0v) is 7.88. The van der Waals surface area contributed by atoms with Crippen LogP contribution in [-0.2, 0) is 4.79 Å². The predicted molar refractivity (Wildman–Crippen MR) is 48.0 cm³/mol. The first kappa shape index (κ1) is 9.90. The van der Waals surface area contributed by atoms with Crippen molar-refractivity contribution in [1.82, 2.24) is 3.53 Å². The summed E-state index contributed by atoms with van der Waals surface area (Å²) in [6.45, 7) is 5.08. The van der Waals surface area contributed by atoms with Crippen molar-refractivity contribution >= 4 is 28.8 Å². The van der Waals surface area contributed by atoms with E-state index < -0.39 is 11.5 Å². The summed E-state index contributed by atoms with van der Waals surface area (Å²) in [4.78, 5) is 10.5. The molecule has 0 aliphatic rings. The van der Waals surface area contributed by atoms with Gasteiger partial charge in [0.15, 0.2) is 0 Å². The average Bonchev–Trinajstić information content (AvgIpc) is 1.88. The van der Waals surface area contributed by atoms with Crippen LogP contribution < -0.4 is 3.53 Å². The first-order valence-corrected chi connectivity index (χ1v) is 3.87. The van der Waals surface area contributed by atoms with E-state index in [0.29, 0.717) is 6.42 Å². The molecule has 0 saturated heterocycles. The van der Waals surface area contributed by atoms with Crippen molar-refractivity contribution < 1.29 is 9.90 Å². The van der Waals surface area contributed by atoms with Gasteiger partial charge in [0, 0.05) is 22.9 Å². The van der Waals surface area contributed by atoms with Gasteiger partial charge < -0.3 is 5.11 Å². The zero-order chi connectivity index (χ0) is 8.20. The fraction of sp³-hybridized carbons (Fsp3) is 0.500. The second kappa shape index (κ2) is 3.92. The molecule has 0 fully saturated rings. The van der Waals surface area contributed by atoms with E-state index in [0.717, 1.165) is 0 Å². The van der Waals surface area contributed by atoms with Gasteiger partial charge in [0.25, 0.3) is 0 Å². The molecule has 0 aromatic rings. The van der Waals surface area contributed by atoms with Gasteiger partial charge in [-0.05, 0) is 13.3 Å². The normalized spacial score (nSPS) is 15.8. The van der Waals surface area contributed by atoms with Crippen molar-refractivity contribution in [1.29, 1.82) is 0 Å². The Bertz CT molecular complexity index is 149. The van der Waals surface area contributed by atoms with Gasteiger partial charge >= 0.3 is 5.97 Å². The van der Waals surface area contributed by atoms with Crippen LogP contribution in [0, 0.1) is 0 Å². The van der Waals surface area contributed by atoms with E-state index in [9.17, 15) is 4.79 Å². The lowest BCUT2D eigenvalue weighted by atomic mass is 10.0. The number of hydrogen-bond acceptors (Lipinski definition) is 2. The van der Waals surface area contributed by atoms with Crippen LogP contribution in [0.2, 0.25) is 0 Å². The molecule has 10 heavy (non-hydrogen) atoms. The minimum Gasteiger partial charge on any atom is -0.480 e. The molecule has 58 valence electrons. The number of nitrogens with one attached hydrogen (secondary N) is 1. The van der Waals surface area contributed by atoms with Gasteiger partial charge in [-0.15, -0.1) is 6.58 Å². The van der Waals surface area contributed by atoms with Crippen molar-refractivity contribution in [3.8, 4) is 0 Å². The maximum absolute atomic E-state index is 10.5. The molecule has 0 radical (unpaired) electrons. The summed E-state index contributed by atoms with van der Waals surface area (Å²) < 4.78 is 2.68. The molecule has 0 aromatic carbocycles. The molecule has 0 aliphatic heterocycles. The highest BCUT2D eigenvalue weighted by atomic mass is 127. The Hall–Kier alpha value is -0.100. The molecule has 0 aliphatic carbocycles. The van der Waals surface area contributed by atoms with Gasteiger partial charge in [0.2, 0.25) is 0 Å². The zero-order valence-electron chi connectivity index (χ0n) is 5.72. The molecule has 0 aromatic heterocycles. The molecule has 3 nitrogen and oxygen atoms in total. The standard InChI is InChI=1S/C6H10INO2/c1-3-4-6(2,8-7)5(9)10/h3,8H,1,4H2,2H3,(H,9,10). The Morgan fingerprint density at radius 3 is 2.60 bits per heavy atom. The Morgan fingerprint density at radius 1 is 2.00 bits per heavy atom. The molecule has 4 heteroatoms. The highest BCUT2D eigenvalue weighted by Crippen LogP contribution is 2.11. The second-order valence-corrected chi connectivity index (χ2v) is 2.76. The van der Waals surface area contributed by atoms with Crippen molar-refractivity contribution in [2.45, 2.75) is 18.9 Å². The van der Waals surface area contributed by atoms with Crippen molar-refractivity contribution in [2.75, 3.05) is 0 Å². The summed E-state index contributed by atoms with van der Waals surface area (Å²) in [5.41, 5.74) is -0.873. The van der Waals surface area contributed by atoms with E-state index in [4.69, 9.17) is 5.11 Å². The third-order valence-corrected chi connectivity index (χ3v) is 2.42. The summed E-state index contributed by atoms with van der Waals surface area (Å²) in [6, 6.07) is 0. The molecule has 0 saturated carbocycles. The van der Waals surface area contributed by atoms with Gasteiger partial charge in [0.05, 0.1) is 0 Å². The highest BCUT2D eigenvalue weighted by Gasteiger charge is 2.29. The number of halogens is 1. The number of carbonyl (C=O) groups is 1. The fourth-order valence-corrected chi connectivity index (χ4v) is 0.906. The lowest BCUT2D eigenvalue weighted by molar-refractivity contribution is -0.142. The Balaban J connectivity index is 4.21. The molecular formula is C6H10INO2. The Kier molecular flexibility index (Phi) is 3.88. The van der Waals surface area contributed by atoms with E-state index in [-0.39, 0.29) is 0 Å². The molecule has 0 spiro atoms.